The first-order valence-corrected chi connectivity index (χ1v) is 11.5. The summed E-state index contributed by atoms with van der Waals surface area (Å²) in [6, 6.07) is 23.8. The Hall–Kier alpha value is -4.97. The minimum absolute atomic E-state index is 0.0143. The summed E-state index contributed by atoms with van der Waals surface area (Å²) >= 11 is 0. The molecule has 1 amide bonds. The Kier molecular flexibility index (Phi) is 6.64. The average Bonchev–Trinajstić information content (AvgIpc) is 3.36. The summed E-state index contributed by atoms with van der Waals surface area (Å²) in [4.78, 5) is 19.5. The molecule has 0 spiro atoms. The van der Waals surface area contributed by atoms with Crippen LogP contribution in [0, 0.1) is 23.0 Å². The van der Waals surface area contributed by atoms with Gasteiger partial charge in [0.05, 0.1) is 30.2 Å². The first-order valence-electron chi connectivity index (χ1n) is 11.5. The number of carbonyl (C=O) groups is 1. The maximum absolute atomic E-state index is 14.6. The molecule has 0 bridgehead atoms. The second-order valence-corrected chi connectivity index (χ2v) is 8.45. The van der Waals surface area contributed by atoms with Crippen molar-refractivity contribution in [1.29, 1.82) is 5.26 Å². The number of hydrogen-bond acceptors (Lipinski definition) is 5. The van der Waals surface area contributed by atoms with Crippen molar-refractivity contribution >= 4 is 16.8 Å². The maximum Gasteiger partial charge on any atom is 0.273 e. The van der Waals surface area contributed by atoms with Crippen LogP contribution in [0.15, 0.2) is 85.2 Å². The summed E-state index contributed by atoms with van der Waals surface area (Å²) in [5.74, 6) is -2.00. The number of rotatable bonds is 7. The number of benzene rings is 3. The Morgan fingerprint density at radius 2 is 1.76 bits per heavy atom. The van der Waals surface area contributed by atoms with Crippen LogP contribution in [-0.4, -0.2) is 30.6 Å². The third-order valence-corrected chi connectivity index (χ3v) is 5.96. The summed E-state index contributed by atoms with van der Waals surface area (Å²) in [6.07, 6.45) is 1.53. The molecule has 5 aromatic rings. The van der Waals surface area contributed by atoms with Gasteiger partial charge >= 0.3 is 0 Å². The molecule has 0 unspecified atom stereocenters. The van der Waals surface area contributed by atoms with Crippen LogP contribution in [0.2, 0.25) is 0 Å². The minimum atomic E-state index is -1.01. The first kappa shape index (κ1) is 23.8. The third-order valence-electron chi connectivity index (χ3n) is 5.96. The van der Waals surface area contributed by atoms with E-state index in [1.807, 2.05) is 30.3 Å². The van der Waals surface area contributed by atoms with E-state index in [0.717, 1.165) is 17.0 Å². The fourth-order valence-electron chi connectivity index (χ4n) is 4.01. The number of hydrogen-bond donors (Lipinski definition) is 0. The molecule has 0 N–H and O–H groups in total. The molecule has 3 aromatic carbocycles. The molecule has 0 aliphatic heterocycles. The van der Waals surface area contributed by atoms with Crippen LogP contribution in [0.3, 0.4) is 0 Å². The molecule has 9 heteroatoms. The number of carbonyl (C=O) groups excluding carboxylic acids is 1. The molecule has 0 aliphatic rings. The summed E-state index contributed by atoms with van der Waals surface area (Å²) < 4.78 is 30.2. The Morgan fingerprint density at radius 3 is 2.57 bits per heavy atom. The molecule has 2 heterocycles. The number of fused-ring (bicyclic) bond motifs is 1. The lowest BCUT2D eigenvalue weighted by Crippen LogP contribution is -2.32. The van der Waals surface area contributed by atoms with Gasteiger partial charge in [0.1, 0.15) is 12.0 Å². The number of nitriles is 1. The van der Waals surface area contributed by atoms with Gasteiger partial charge in [-0.2, -0.15) is 5.26 Å². The highest BCUT2D eigenvalue weighted by Gasteiger charge is 2.23. The minimum Gasteiger partial charge on any atom is -0.325 e. The van der Waals surface area contributed by atoms with Gasteiger partial charge in [-0.05, 0) is 35.9 Å². The van der Waals surface area contributed by atoms with E-state index in [2.05, 4.69) is 21.3 Å². The maximum atomic E-state index is 14.6. The van der Waals surface area contributed by atoms with E-state index in [0.29, 0.717) is 23.4 Å². The second-order valence-electron chi connectivity index (χ2n) is 8.45. The van der Waals surface area contributed by atoms with E-state index in [4.69, 9.17) is 5.26 Å². The number of nitrogens with zero attached hydrogens (tertiary/aromatic N) is 6. The Bertz CT molecular complexity index is 1620. The van der Waals surface area contributed by atoms with Crippen LogP contribution in [-0.2, 0) is 19.6 Å². The third kappa shape index (κ3) is 5.18. The van der Waals surface area contributed by atoms with Crippen molar-refractivity contribution in [2.24, 2.45) is 0 Å². The lowest BCUT2D eigenvalue weighted by molar-refractivity contribution is 0.0716. The zero-order valence-electron chi connectivity index (χ0n) is 19.6. The quantitative estimate of drug-likeness (QED) is 0.322. The fraction of sp³-hybridized carbons (Fsp3) is 0.107. The molecule has 0 atom stereocenters. The van der Waals surface area contributed by atoms with Crippen LogP contribution in [0.25, 0.3) is 10.9 Å². The number of amides is 1. The summed E-state index contributed by atoms with van der Waals surface area (Å²) in [5, 5.41) is 18.1. The molecule has 0 fully saturated rings. The molecule has 37 heavy (non-hydrogen) atoms. The van der Waals surface area contributed by atoms with Crippen molar-refractivity contribution in [1.82, 2.24) is 24.6 Å². The molecule has 7 nitrogen and oxygen atoms in total. The van der Waals surface area contributed by atoms with Crippen LogP contribution in [0.1, 0.15) is 33.0 Å². The molecule has 2 aromatic heterocycles. The second kappa shape index (κ2) is 10.3. The SMILES string of the molecule is N#Cc1ccc(Cn2cnnc2CN(Cc2cccc(F)c2F)C(=O)c2ccc3ccccc3n2)cc1. The van der Waals surface area contributed by atoms with Crippen molar-refractivity contribution in [2.45, 2.75) is 19.6 Å². The van der Waals surface area contributed by atoms with Crippen molar-refractivity contribution in [3.63, 3.8) is 0 Å². The highest BCUT2D eigenvalue weighted by molar-refractivity contribution is 5.94. The standard InChI is InChI=1S/C28H20F2N6O/c29-23-6-3-5-22(27(23)30)16-35(28(37)25-13-12-21-4-1-2-7-24(21)33-25)17-26-34-32-18-36(26)15-20-10-8-19(14-31)9-11-20/h1-13,18H,15-17H2. The summed E-state index contributed by atoms with van der Waals surface area (Å²) in [6.45, 7) is 0.193. The van der Waals surface area contributed by atoms with Crippen LogP contribution < -0.4 is 0 Å². The van der Waals surface area contributed by atoms with Gasteiger partial charge in [0.25, 0.3) is 5.91 Å². The monoisotopic (exact) mass is 494 g/mol. The Balaban J connectivity index is 1.46. The van der Waals surface area contributed by atoms with Gasteiger partial charge in [0, 0.05) is 17.5 Å². The van der Waals surface area contributed by atoms with Gasteiger partial charge in [-0.3, -0.25) is 4.79 Å². The topological polar surface area (TPSA) is 87.7 Å². The lowest BCUT2D eigenvalue weighted by atomic mass is 10.1. The highest BCUT2D eigenvalue weighted by Crippen LogP contribution is 2.19. The molecular weight excluding hydrogens is 474 g/mol. The van der Waals surface area contributed by atoms with Crippen molar-refractivity contribution in [3.8, 4) is 6.07 Å². The van der Waals surface area contributed by atoms with Gasteiger partial charge in [0.15, 0.2) is 17.5 Å². The molecule has 0 aliphatic carbocycles. The molecule has 0 saturated heterocycles. The molecule has 0 radical (unpaired) electrons. The zero-order chi connectivity index (χ0) is 25.8. The van der Waals surface area contributed by atoms with Crippen LogP contribution >= 0.6 is 0 Å². The van der Waals surface area contributed by atoms with Crippen molar-refractivity contribution < 1.29 is 13.6 Å². The zero-order valence-corrected chi connectivity index (χ0v) is 19.6. The van der Waals surface area contributed by atoms with E-state index in [1.54, 1.807) is 34.9 Å². The van der Waals surface area contributed by atoms with E-state index in [-0.39, 0.29) is 24.3 Å². The summed E-state index contributed by atoms with van der Waals surface area (Å²) in [5.41, 5.74) is 2.31. The van der Waals surface area contributed by atoms with Gasteiger partial charge in [-0.15, -0.1) is 10.2 Å². The van der Waals surface area contributed by atoms with Gasteiger partial charge in [-0.25, -0.2) is 13.8 Å². The number of halogens is 2. The average molecular weight is 495 g/mol. The first-order chi connectivity index (χ1) is 18.0. The Morgan fingerprint density at radius 1 is 0.946 bits per heavy atom. The normalized spacial score (nSPS) is 10.8. The molecule has 5 rings (SSSR count). The number of pyridine rings is 1. The molecule has 0 saturated carbocycles. The number of aromatic nitrogens is 4. The molecule has 182 valence electrons. The molecular formula is C28H20F2N6O. The smallest absolute Gasteiger partial charge is 0.273 e. The van der Waals surface area contributed by atoms with Gasteiger partial charge in [0.2, 0.25) is 0 Å². The van der Waals surface area contributed by atoms with E-state index in [1.165, 1.54) is 23.4 Å². The van der Waals surface area contributed by atoms with Crippen LogP contribution in [0.4, 0.5) is 8.78 Å². The van der Waals surface area contributed by atoms with Gasteiger partial charge in [-0.1, -0.05) is 48.5 Å². The number of para-hydroxylation sites is 1. The van der Waals surface area contributed by atoms with Crippen molar-refractivity contribution in [3.05, 3.63) is 125 Å². The Labute approximate surface area is 211 Å². The summed E-state index contributed by atoms with van der Waals surface area (Å²) in [7, 11) is 0. The highest BCUT2D eigenvalue weighted by atomic mass is 19.2. The predicted molar refractivity (Wildman–Crippen MR) is 132 cm³/mol. The van der Waals surface area contributed by atoms with E-state index in [9.17, 15) is 13.6 Å². The van der Waals surface area contributed by atoms with E-state index < -0.39 is 17.5 Å². The van der Waals surface area contributed by atoms with Gasteiger partial charge < -0.3 is 9.47 Å². The largest absolute Gasteiger partial charge is 0.325 e. The predicted octanol–water partition coefficient (Wildman–Crippen LogP) is 4.87. The van der Waals surface area contributed by atoms with Crippen molar-refractivity contribution in [2.75, 3.05) is 0 Å². The van der Waals surface area contributed by atoms with E-state index >= 15 is 0 Å². The van der Waals surface area contributed by atoms with Crippen LogP contribution in [0.5, 0.6) is 0 Å². The lowest BCUT2D eigenvalue weighted by Gasteiger charge is -2.23. The fourth-order valence-corrected chi connectivity index (χ4v) is 4.01.